The lowest BCUT2D eigenvalue weighted by Crippen LogP contribution is -2.67. The molecule has 0 saturated heterocycles. The van der Waals surface area contributed by atoms with Gasteiger partial charge in [-0.05, 0) is 45.6 Å². The number of carbonyl (C=O) groups is 2. The van der Waals surface area contributed by atoms with Crippen molar-refractivity contribution < 1.29 is 29.3 Å². The van der Waals surface area contributed by atoms with Crippen molar-refractivity contribution in [2.24, 2.45) is 11.3 Å². The summed E-state index contributed by atoms with van der Waals surface area (Å²) < 4.78 is 10.9. The van der Waals surface area contributed by atoms with Gasteiger partial charge in [-0.1, -0.05) is 19.9 Å². The van der Waals surface area contributed by atoms with Crippen LogP contribution in [-0.4, -0.2) is 40.0 Å². The number of rotatable bonds is 2. The molecule has 142 valence electrons. The molecule has 0 aromatic rings. The molecule has 0 spiro atoms. The number of hydrogen-bond donors (Lipinski definition) is 2. The van der Waals surface area contributed by atoms with Gasteiger partial charge in [0, 0.05) is 22.1 Å². The van der Waals surface area contributed by atoms with E-state index in [1.54, 1.807) is 33.8 Å². The first-order valence-corrected chi connectivity index (χ1v) is 8.98. The minimum Gasteiger partial charge on any atom is -0.456 e. The number of esters is 2. The van der Waals surface area contributed by atoms with Crippen molar-refractivity contribution in [3.05, 3.63) is 34.6 Å². The van der Waals surface area contributed by atoms with Gasteiger partial charge in [0.05, 0.1) is 6.10 Å². The Morgan fingerprint density at radius 3 is 2.69 bits per heavy atom. The molecule has 1 aliphatic heterocycles. The van der Waals surface area contributed by atoms with Gasteiger partial charge in [-0.25, -0.2) is 9.59 Å². The summed E-state index contributed by atoms with van der Waals surface area (Å²) in [7, 11) is 0. The molecule has 1 heterocycles. The van der Waals surface area contributed by atoms with Gasteiger partial charge >= 0.3 is 11.9 Å². The Bertz CT molecular complexity index is 760. The first-order chi connectivity index (χ1) is 12.1. The van der Waals surface area contributed by atoms with E-state index in [0.717, 1.165) is 0 Å². The number of aliphatic hydroxyl groups is 2. The van der Waals surface area contributed by atoms with Gasteiger partial charge in [-0.3, -0.25) is 0 Å². The molecule has 1 saturated carbocycles. The summed E-state index contributed by atoms with van der Waals surface area (Å²) >= 11 is 0. The molecule has 1 fully saturated rings. The molecule has 5 atom stereocenters. The molecule has 0 radical (unpaired) electrons. The zero-order chi connectivity index (χ0) is 19.4. The lowest BCUT2D eigenvalue weighted by molar-refractivity contribution is -0.217. The molecule has 0 unspecified atom stereocenters. The zero-order valence-corrected chi connectivity index (χ0v) is 15.8. The molecule has 2 aliphatic carbocycles. The Morgan fingerprint density at radius 2 is 2.08 bits per heavy atom. The second kappa shape index (κ2) is 6.06. The van der Waals surface area contributed by atoms with E-state index in [9.17, 15) is 19.8 Å². The van der Waals surface area contributed by atoms with Crippen molar-refractivity contribution >= 4 is 11.9 Å². The number of ether oxygens (including phenoxy) is 2. The molecular weight excluding hydrogens is 336 g/mol. The summed E-state index contributed by atoms with van der Waals surface area (Å²) in [6.07, 6.45) is 2.30. The van der Waals surface area contributed by atoms with Gasteiger partial charge in [0.15, 0.2) is 0 Å². The van der Waals surface area contributed by atoms with Crippen LogP contribution in [0.1, 0.15) is 47.5 Å². The third kappa shape index (κ3) is 2.32. The maximum Gasteiger partial charge on any atom is 0.339 e. The van der Waals surface area contributed by atoms with Gasteiger partial charge in [-0.15, -0.1) is 0 Å². The van der Waals surface area contributed by atoms with Gasteiger partial charge in [0.2, 0.25) is 0 Å². The lowest BCUT2D eigenvalue weighted by Gasteiger charge is -2.58. The first kappa shape index (κ1) is 18.9. The Hall–Kier alpha value is -1.92. The third-order valence-electron chi connectivity index (χ3n) is 6.61. The summed E-state index contributed by atoms with van der Waals surface area (Å²) in [5, 5.41) is 22.7. The fourth-order valence-corrected chi connectivity index (χ4v) is 4.36. The second-order valence-electron chi connectivity index (χ2n) is 7.79. The molecule has 0 aromatic heterocycles. The number of aliphatic hydroxyl groups excluding tert-OH is 1. The van der Waals surface area contributed by atoms with Crippen LogP contribution in [0.2, 0.25) is 0 Å². The van der Waals surface area contributed by atoms with Crippen molar-refractivity contribution in [3.8, 4) is 0 Å². The van der Waals surface area contributed by atoms with Crippen LogP contribution in [-0.2, 0) is 19.1 Å². The Labute approximate surface area is 153 Å². The van der Waals surface area contributed by atoms with Gasteiger partial charge in [0.1, 0.15) is 17.5 Å². The second-order valence-corrected chi connectivity index (χ2v) is 7.79. The van der Waals surface area contributed by atoms with E-state index in [-0.39, 0.29) is 11.7 Å². The van der Waals surface area contributed by atoms with Crippen LogP contribution in [0.15, 0.2) is 34.6 Å². The summed E-state index contributed by atoms with van der Waals surface area (Å²) in [4.78, 5) is 24.2. The van der Waals surface area contributed by atoms with Crippen LogP contribution in [0.4, 0.5) is 0 Å². The van der Waals surface area contributed by atoms with E-state index >= 15 is 0 Å². The normalized spacial score (nSPS) is 39.8. The maximum atomic E-state index is 12.3. The maximum absolute atomic E-state index is 12.3. The number of hydrogen-bond acceptors (Lipinski definition) is 6. The summed E-state index contributed by atoms with van der Waals surface area (Å²) in [6, 6.07) is 0. The van der Waals surface area contributed by atoms with E-state index in [2.05, 4.69) is 0 Å². The molecule has 6 nitrogen and oxygen atoms in total. The van der Waals surface area contributed by atoms with Gasteiger partial charge in [-0.2, -0.15) is 0 Å². The summed E-state index contributed by atoms with van der Waals surface area (Å²) in [6.45, 7) is 8.73. The number of allylic oxidation sites excluding steroid dienone is 1. The van der Waals surface area contributed by atoms with Gasteiger partial charge in [0.25, 0.3) is 0 Å². The Balaban J connectivity index is 2.11. The van der Waals surface area contributed by atoms with E-state index in [4.69, 9.17) is 9.47 Å². The fourth-order valence-electron chi connectivity index (χ4n) is 4.36. The minimum atomic E-state index is -1.64. The van der Waals surface area contributed by atoms with E-state index < -0.39 is 35.2 Å². The van der Waals surface area contributed by atoms with Crippen molar-refractivity contribution in [2.45, 2.75) is 65.3 Å². The van der Waals surface area contributed by atoms with Crippen molar-refractivity contribution in [2.75, 3.05) is 0 Å². The number of fused-ring (bicyclic) bond motifs is 2. The average Bonchev–Trinajstić information content (AvgIpc) is 2.87. The fraction of sp³-hybridized carbons (Fsp3) is 0.600. The van der Waals surface area contributed by atoms with Gasteiger partial charge < -0.3 is 19.7 Å². The molecule has 3 rings (SSSR count). The van der Waals surface area contributed by atoms with Crippen LogP contribution >= 0.6 is 0 Å². The highest BCUT2D eigenvalue weighted by molar-refractivity contribution is 5.94. The molecule has 0 bridgehead atoms. The molecule has 2 N–H and O–H groups in total. The van der Waals surface area contributed by atoms with Crippen molar-refractivity contribution in [3.63, 3.8) is 0 Å². The largest absolute Gasteiger partial charge is 0.456 e. The van der Waals surface area contributed by atoms with E-state index in [0.29, 0.717) is 29.6 Å². The topological polar surface area (TPSA) is 93.1 Å². The summed E-state index contributed by atoms with van der Waals surface area (Å²) in [5.41, 5.74) is -1.44. The smallest absolute Gasteiger partial charge is 0.339 e. The minimum absolute atomic E-state index is 0.0610. The van der Waals surface area contributed by atoms with Crippen LogP contribution < -0.4 is 0 Å². The lowest BCUT2D eigenvalue weighted by atomic mass is 9.52. The third-order valence-corrected chi connectivity index (χ3v) is 6.61. The average molecular weight is 362 g/mol. The predicted molar refractivity (Wildman–Crippen MR) is 93.6 cm³/mol. The van der Waals surface area contributed by atoms with Crippen LogP contribution in [0.5, 0.6) is 0 Å². The molecule has 0 aromatic carbocycles. The quantitative estimate of drug-likeness (QED) is 0.578. The summed E-state index contributed by atoms with van der Waals surface area (Å²) in [5.74, 6) is -0.925. The molecule has 6 heteroatoms. The standard InChI is InChI=1S/C20H26O6/c1-6-10(2)17(22)26-14-8-7-11(3)19(5)16(21)15-12(4)18(23)25-13(15)9-20(14,19)24/h6,9,11,14,16,21,24H,7-8H2,1-5H3/t11-,14+,16-,19-,20+/m1/s1. The first-order valence-electron chi connectivity index (χ1n) is 8.98. The highest BCUT2D eigenvalue weighted by atomic mass is 16.6. The Kier molecular flexibility index (Phi) is 4.40. The van der Waals surface area contributed by atoms with Crippen molar-refractivity contribution in [1.82, 2.24) is 0 Å². The van der Waals surface area contributed by atoms with E-state index in [1.807, 2.05) is 6.92 Å². The predicted octanol–water partition coefficient (Wildman–Crippen LogP) is 2.16. The SMILES string of the molecule is CC=C(C)C(=O)O[C@H]1CC[C@@H](C)[C@]2(C)[C@H](O)C3=C(C)C(=O)OC3=C[C@]12O. The monoisotopic (exact) mass is 362 g/mol. The molecule has 0 amide bonds. The molecule has 26 heavy (non-hydrogen) atoms. The van der Waals surface area contributed by atoms with E-state index in [1.165, 1.54) is 6.08 Å². The Morgan fingerprint density at radius 1 is 1.42 bits per heavy atom. The van der Waals surface area contributed by atoms with Crippen LogP contribution in [0.3, 0.4) is 0 Å². The number of carbonyl (C=O) groups excluding carboxylic acids is 2. The van der Waals surface area contributed by atoms with Crippen LogP contribution in [0, 0.1) is 11.3 Å². The highest BCUT2D eigenvalue weighted by Crippen LogP contribution is 2.58. The molecular formula is C20H26O6. The molecule has 3 aliphatic rings. The zero-order valence-electron chi connectivity index (χ0n) is 15.8. The van der Waals surface area contributed by atoms with Crippen molar-refractivity contribution in [1.29, 1.82) is 0 Å². The highest BCUT2D eigenvalue weighted by Gasteiger charge is 2.65. The van der Waals surface area contributed by atoms with Crippen LogP contribution in [0.25, 0.3) is 0 Å².